The van der Waals surface area contributed by atoms with E-state index in [0.717, 1.165) is 21.3 Å². The molecule has 4 heteroatoms. The number of halogens is 1. The molecule has 2 rings (SSSR count). The maximum atomic E-state index is 9.77. The van der Waals surface area contributed by atoms with Crippen molar-refractivity contribution in [2.24, 2.45) is 0 Å². The van der Waals surface area contributed by atoms with Crippen LogP contribution >= 0.6 is 15.9 Å². The van der Waals surface area contributed by atoms with Crippen molar-refractivity contribution >= 4 is 21.6 Å². The topological polar surface area (TPSA) is 56.0 Å². The van der Waals surface area contributed by atoms with Crippen LogP contribution in [0.25, 0.3) is 0 Å². The Morgan fingerprint density at radius 2 is 2.11 bits per heavy atom. The maximum Gasteiger partial charge on any atom is 0.120 e. The lowest BCUT2D eigenvalue weighted by atomic mass is 10.1. The van der Waals surface area contributed by atoms with Crippen molar-refractivity contribution in [3.8, 4) is 11.8 Å². The van der Waals surface area contributed by atoms with E-state index in [1.807, 2.05) is 31.2 Å². The number of aryl methyl sites for hydroxylation is 1. The van der Waals surface area contributed by atoms with Gasteiger partial charge in [0.15, 0.2) is 0 Å². The first-order valence-electron chi connectivity index (χ1n) is 5.83. The Hall–Kier alpha value is -1.99. The molecule has 2 aromatic rings. The van der Waals surface area contributed by atoms with Crippen LogP contribution in [0.3, 0.4) is 0 Å². The number of rotatable bonds is 3. The van der Waals surface area contributed by atoms with Gasteiger partial charge in [0.25, 0.3) is 0 Å². The molecule has 0 saturated heterocycles. The van der Waals surface area contributed by atoms with Gasteiger partial charge in [0.2, 0.25) is 0 Å². The van der Waals surface area contributed by atoms with Crippen LogP contribution < -0.4 is 5.32 Å². The number of nitriles is 1. The van der Waals surface area contributed by atoms with Gasteiger partial charge in [-0.05, 0) is 36.8 Å². The van der Waals surface area contributed by atoms with Gasteiger partial charge >= 0.3 is 0 Å². The molecule has 0 saturated carbocycles. The van der Waals surface area contributed by atoms with E-state index < -0.39 is 0 Å². The Balaban J connectivity index is 2.22. The summed E-state index contributed by atoms with van der Waals surface area (Å²) >= 11 is 3.37. The molecule has 3 nitrogen and oxygen atoms in total. The maximum absolute atomic E-state index is 9.77. The number of hydrogen-bond donors (Lipinski definition) is 2. The summed E-state index contributed by atoms with van der Waals surface area (Å²) in [6, 6.07) is 13.1. The lowest BCUT2D eigenvalue weighted by Gasteiger charge is -2.11. The highest BCUT2D eigenvalue weighted by Crippen LogP contribution is 2.24. The predicted octanol–water partition coefficient (Wildman–Crippen LogP) is 3.95. The van der Waals surface area contributed by atoms with Crippen molar-refractivity contribution in [1.29, 1.82) is 5.26 Å². The first-order chi connectivity index (χ1) is 9.11. The zero-order chi connectivity index (χ0) is 13.8. The van der Waals surface area contributed by atoms with Gasteiger partial charge in [-0.2, -0.15) is 5.26 Å². The number of nitrogens with one attached hydrogen (secondary N) is 1. The summed E-state index contributed by atoms with van der Waals surface area (Å²) in [5.41, 5.74) is 3.13. The second-order valence-corrected chi connectivity index (χ2v) is 5.15. The average Bonchev–Trinajstić information content (AvgIpc) is 2.40. The molecule has 0 aliphatic rings. The molecule has 96 valence electrons. The molecule has 2 N–H and O–H groups in total. The predicted molar refractivity (Wildman–Crippen MR) is 79.0 cm³/mol. The molecule has 2 aromatic carbocycles. The van der Waals surface area contributed by atoms with Crippen LogP contribution in [0.15, 0.2) is 40.9 Å². The summed E-state index contributed by atoms with van der Waals surface area (Å²) < 4.78 is 0.909. The fraction of sp³-hybridized carbons (Fsp3) is 0.133. The molecule has 0 fully saturated rings. The van der Waals surface area contributed by atoms with Crippen LogP contribution in [-0.4, -0.2) is 5.11 Å². The Bertz CT molecular complexity index is 647. The van der Waals surface area contributed by atoms with E-state index in [1.165, 1.54) is 0 Å². The minimum absolute atomic E-state index is 0.238. The van der Waals surface area contributed by atoms with Crippen molar-refractivity contribution < 1.29 is 5.11 Å². The lowest BCUT2D eigenvalue weighted by Crippen LogP contribution is -2.02. The number of nitrogens with zero attached hydrogens (tertiary/aromatic N) is 1. The third kappa shape index (κ3) is 3.07. The molecule has 19 heavy (non-hydrogen) atoms. The van der Waals surface area contributed by atoms with Crippen LogP contribution in [0.1, 0.15) is 16.7 Å². The summed E-state index contributed by atoms with van der Waals surface area (Å²) in [4.78, 5) is 0. The van der Waals surface area contributed by atoms with Crippen molar-refractivity contribution in [3.63, 3.8) is 0 Å². The molecule has 0 aromatic heterocycles. The summed E-state index contributed by atoms with van der Waals surface area (Å²) in [5, 5.41) is 22.1. The Labute approximate surface area is 120 Å². The minimum Gasteiger partial charge on any atom is -0.508 e. The molecule has 0 heterocycles. The molecular weight excluding hydrogens is 304 g/mol. The van der Waals surface area contributed by atoms with E-state index in [-0.39, 0.29) is 5.75 Å². The van der Waals surface area contributed by atoms with Gasteiger partial charge in [-0.3, -0.25) is 0 Å². The zero-order valence-electron chi connectivity index (χ0n) is 10.4. The van der Waals surface area contributed by atoms with E-state index in [2.05, 4.69) is 27.3 Å². The molecule has 0 atom stereocenters. The summed E-state index contributed by atoms with van der Waals surface area (Å²) in [6.07, 6.45) is 0. The number of aromatic hydroxyl groups is 1. The number of phenols is 1. The highest BCUT2D eigenvalue weighted by Gasteiger charge is 2.06. The van der Waals surface area contributed by atoms with Crippen molar-refractivity contribution in [3.05, 3.63) is 57.6 Å². The number of anilines is 1. The minimum atomic E-state index is 0.238. The Morgan fingerprint density at radius 3 is 2.84 bits per heavy atom. The fourth-order valence-electron chi connectivity index (χ4n) is 1.85. The highest BCUT2D eigenvalue weighted by atomic mass is 79.9. The van der Waals surface area contributed by atoms with Gasteiger partial charge in [-0.25, -0.2) is 0 Å². The van der Waals surface area contributed by atoms with Gasteiger partial charge in [0, 0.05) is 16.6 Å². The van der Waals surface area contributed by atoms with Crippen LogP contribution in [-0.2, 0) is 6.54 Å². The molecule has 0 aliphatic heterocycles. The monoisotopic (exact) mass is 316 g/mol. The first-order valence-corrected chi connectivity index (χ1v) is 6.62. The summed E-state index contributed by atoms with van der Waals surface area (Å²) in [5.74, 6) is 0.238. The largest absolute Gasteiger partial charge is 0.508 e. The number of hydrogen-bond acceptors (Lipinski definition) is 3. The standard InChI is InChI=1S/C15H13BrN2O/c1-10-3-2-4-14(13(10)8-17)18-9-11-7-12(16)5-6-15(11)19/h2-7,18-19H,9H2,1H3. The van der Waals surface area contributed by atoms with Gasteiger partial charge in [-0.1, -0.05) is 28.1 Å². The van der Waals surface area contributed by atoms with Crippen molar-refractivity contribution in [2.45, 2.75) is 13.5 Å². The van der Waals surface area contributed by atoms with Gasteiger partial charge in [0.05, 0.1) is 11.3 Å². The molecule has 0 aliphatic carbocycles. The smallest absolute Gasteiger partial charge is 0.120 e. The normalized spacial score (nSPS) is 9.95. The van der Waals surface area contributed by atoms with E-state index >= 15 is 0 Å². The van der Waals surface area contributed by atoms with Crippen LogP contribution in [0.4, 0.5) is 5.69 Å². The average molecular weight is 317 g/mol. The van der Waals surface area contributed by atoms with Gasteiger partial charge < -0.3 is 10.4 Å². The van der Waals surface area contributed by atoms with E-state index in [0.29, 0.717) is 12.1 Å². The summed E-state index contributed by atoms with van der Waals surface area (Å²) in [6.45, 7) is 2.36. The second-order valence-electron chi connectivity index (χ2n) is 4.24. The fourth-order valence-corrected chi connectivity index (χ4v) is 2.26. The summed E-state index contributed by atoms with van der Waals surface area (Å²) in [7, 11) is 0. The van der Waals surface area contributed by atoms with Crippen LogP contribution in [0, 0.1) is 18.3 Å². The third-order valence-electron chi connectivity index (χ3n) is 2.90. The van der Waals surface area contributed by atoms with Gasteiger partial charge in [-0.15, -0.1) is 0 Å². The van der Waals surface area contributed by atoms with Gasteiger partial charge in [0.1, 0.15) is 11.8 Å². The number of phenolic OH excluding ortho intramolecular Hbond substituents is 1. The quantitative estimate of drug-likeness (QED) is 0.901. The third-order valence-corrected chi connectivity index (χ3v) is 3.39. The van der Waals surface area contributed by atoms with E-state index in [1.54, 1.807) is 12.1 Å². The second kappa shape index (κ2) is 5.77. The molecule has 0 bridgehead atoms. The van der Waals surface area contributed by atoms with E-state index in [4.69, 9.17) is 5.26 Å². The zero-order valence-corrected chi connectivity index (χ0v) is 12.0. The first kappa shape index (κ1) is 13.4. The van der Waals surface area contributed by atoms with E-state index in [9.17, 15) is 5.11 Å². The Morgan fingerprint density at radius 1 is 1.32 bits per heavy atom. The van der Waals surface area contributed by atoms with Crippen molar-refractivity contribution in [1.82, 2.24) is 0 Å². The van der Waals surface area contributed by atoms with Crippen molar-refractivity contribution in [2.75, 3.05) is 5.32 Å². The lowest BCUT2D eigenvalue weighted by molar-refractivity contribution is 0.469. The highest BCUT2D eigenvalue weighted by molar-refractivity contribution is 9.10. The van der Waals surface area contributed by atoms with Crippen LogP contribution in [0.5, 0.6) is 5.75 Å². The molecule has 0 spiro atoms. The number of benzene rings is 2. The molecular formula is C15H13BrN2O. The Kier molecular flexibility index (Phi) is 4.08. The molecule has 0 radical (unpaired) electrons. The van der Waals surface area contributed by atoms with Crippen LogP contribution in [0.2, 0.25) is 0 Å². The SMILES string of the molecule is Cc1cccc(NCc2cc(Br)ccc2O)c1C#N. The molecule has 0 amide bonds. The molecule has 0 unspecified atom stereocenters.